The van der Waals surface area contributed by atoms with E-state index >= 15 is 0 Å². The number of benzene rings is 1. The smallest absolute Gasteiger partial charge is 0.228 e. The van der Waals surface area contributed by atoms with Crippen LogP contribution in [-0.4, -0.2) is 47.8 Å². The van der Waals surface area contributed by atoms with Crippen molar-refractivity contribution in [1.29, 1.82) is 0 Å². The summed E-state index contributed by atoms with van der Waals surface area (Å²) in [5.41, 5.74) is 0.714. The summed E-state index contributed by atoms with van der Waals surface area (Å²) in [4.78, 5) is 28.3. The molecule has 1 fully saturated rings. The SMILES string of the molecule is CC(C)(C)C(=O)N1CCN(C(=O)CCc2cccc(Cl)c2)CC1. The molecule has 0 radical (unpaired) electrons. The van der Waals surface area contributed by atoms with Gasteiger partial charge in [-0.2, -0.15) is 0 Å². The molecule has 0 N–H and O–H groups in total. The summed E-state index contributed by atoms with van der Waals surface area (Å²) in [7, 11) is 0. The predicted octanol–water partition coefficient (Wildman–Crippen LogP) is 2.99. The molecule has 1 aromatic rings. The van der Waals surface area contributed by atoms with E-state index in [-0.39, 0.29) is 17.2 Å². The molecule has 4 nitrogen and oxygen atoms in total. The van der Waals surface area contributed by atoms with Gasteiger partial charge in [0, 0.05) is 43.0 Å². The van der Waals surface area contributed by atoms with Crippen molar-refractivity contribution in [2.24, 2.45) is 5.41 Å². The molecule has 2 amide bonds. The van der Waals surface area contributed by atoms with E-state index in [2.05, 4.69) is 0 Å². The summed E-state index contributed by atoms with van der Waals surface area (Å²) < 4.78 is 0. The van der Waals surface area contributed by atoms with Gasteiger partial charge >= 0.3 is 0 Å². The quantitative estimate of drug-likeness (QED) is 0.851. The Labute approximate surface area is 143 Å². The predicted molar refractivity (Wildman–Crippen MR) is 92.4 cm³/mol. The van der Waals surface area contributed by atoms with Gasteiger partial charge in [-0.05, 0) is 24.1 Å². The molecule has 2 rings (SSSR count). The lowest BCUT2D eigenvalue weighted by atomic mass is 9.94. The highest BCUT2D eigenvalue weighted by Crippen LogP contribution is 2.19. The van der Waals surface area contributed by atoms with Crippen LogP contribution in [0.1, 0.15) is 32.8 Å². The van der Waals surface area contributed by atoms with Crippen LogP contribution >= 0.6 is 11.6 Å². The summed E-state index contributed by atoms with van der Waals surface area (Å²) in [6.07, 6.45) is 1.17. The standard InChI is InChI=1S/C18H25ClN2O2/c1-18(2,3)17(23)21-11-9-20(10-12-21)16(22)8-7-14-5-4-6-15(19)13-14/h4-6,13H,7-12H2,1-3H3. The van der Waals surface area contributed by atoms with Gasteiger partial charge in [0.25, 0.3) is 0 Å². The maximum atomic E-state index is 12.3. The van der Waals surface area contributed by atoms with Crippen molar-refractivity contribution < 1.29 is 9.59 Å². The Kier molecular flexibility index (Phi) is 5.69. The van der Waals surface area contributed by atoms with E-state index in [1.165, 1.54) is 0 Å². The number of halogens is 1. The molecule has 1 aromatic carbocycles. The van der Waals surface area contributed by atoms with Gasteiger partial charge in [-0.1, -0.05) is 44.5 Å². The van der Waals surface area contributed by atoms with E-state index in [1.807, 2.05) is 54.8 Å². The van der Waals surface area contributed by atoms with Crippen LogP contribution in [0.5, 0.6) is 0 Å². The first-order chi connectivity index (χ1) is 10.8. The van der Waals surface area contributed by atoms with E-state index in [9.17, 15) is 9.59 Å². The van der Waals surface area contributed by atoms with Crippen LogP contribution in [0.3, 0.4) is 0 Å². The van der Waals surface area contributed by atoms with Gasteiger partial charge in [0.15, 0.2) is 0 Å². The Morgan fingerprint density at radius 1 is 1.09 bits per heavy atom. The molecule has 0 atom stereocenters. The molecule has 1 saturated heterocycles. The number of hydrogen-bond donors (Lipinski definition) is 0. The second-order valence-electron chi connectivity index (χ2n) is 7.05. The van der Waals surface area contributed by atoms with E-state index in [1.54, 1.807) is 0 Å². The molecular weight excluding hydrogens is 312 g/mol. The number of carbonyl (C=O) groups excluding carboxylic acids is 2. The molecule has 1 heterocycles. The van der Waals surface area contributed by atoms with E-state index in [4.69, 9.17) is 11.6 Å². The third kappa shape index (κ3) is 4.96. The van der Waals surface area contributed by atoms with Crippen LogP contribution in [0.25, 0.3) is 0 Å². The maximum absolute atomic E-state index is 12.3. The molecule has 0 saturated carbocycles. The number of hydrogen-bond acceptors (Lipinski definition) is 2. The number of rotatable bonds is 3. The minimum absolute atomic E-state index is 0.146. The highest BCUT2D eigenvalue weighted by molar-refractivity contribution is 6.30. The molecule has 126 valence electrons. The molecule has 1 aliphatic rings. The Morgan fingerprint density at radius 2 is 1.70 bits per heavy atom. The lowest BCUT2D eigenvalue weighted by Gasteiger charge is -2.37. The number of piperazine rings is 1. The van der Waals surface area contributed by atoms with Crippen molar-refractivity contribution in [2.75, 3.05) is 26.2 Å². The number of nitrogens with zero attached hydrogens (tertiary/aromatic N) is 2. The molecule has 0 spiro atoms. The molecule has 23 heavy (non-hydrogen) atoms. The first kappa shape index (κ1) is 17.8. The monoisotopic (exact) mass is 336 g/mol. The van der Waals surface area contributed by atoms with Gasteiger partial charge in [-0.25, -0.2) is 0 Å². The van der Waals surface area contributed by atoms with Gasteiger partial charge in [0.05, 0.1) is 0 Å². The average molecular weight is 337 g/mol. The van der Waals surface area contributed by atoms with Crippen LogP contribution in [0.15, 0.2) is 24.3 Å². The number of aryl methyl sites for hydroxylation is 1. The molecule has 0 aliphatic carbocycles. The molecule has 0 bridgehead atoms. The van der Waals surface area contributed by atoms with Crippen LogP contribution < -0.4 is 0 Å². The number of amides is 2. The third-order valence-electron chi connectivity index (χ3n) is 4.08. The first-order valence-corrected chi connectivity index (χ1v) is 8.47. The topological polar surface area (TPSA) is 40.6 Å². The summed E-state index contributed by atoms with van der Waals surface area (Å²) in [5.74, 6) is 0.302. The summed E-state index contributed by atoms with van der Waals surface area (Å²) in [6, 6.07) is 7.62. The zero-order chi connectivity index (χ0) is 17.0. The minimum atomic E-state index is -0.362. The van der Waals surface area contributed by atoms with Gasteiger partial charge in [-0.3, -0.25) is 9.59 Å². The van der Waals surface area contributed by atoms with Gasteiger partial charge in [-0.15, -0.1) is 0 Å². The van der Waals surface area contributed by atoms with Gasteiger partial charge in [0.1, 0.15) is 0 Å². The van der Waals surface area contributed by atoms with Crippen molar-refractivity contribution in [2.45, 2.75) is 33.6 Å². The zero-order valence-corrected chi connectivity index (χ0v) is 14.9. The Morgan fingerprint density at radius 3 is 2.26 bits per heavy atom. The Bertz CT molecular complexity index is 573. The second-order valence-corrected chi connectivity index (χ2v) is 7.49. The largest absolute Gasteiger partial charge is 0.339 e. The molecule has 5 heteroatoms. The zero-order valence-electron chi connectivity index (χ0n) is 14.1. The van der Waals surface area contributed by atoms with E-state index in [0.29, 0.717) is 44.0 Å². The Hall–Kier alpha value is -1.55. The lowest BCUT2D eigenvalue weighted by Crippen LogP contribution is -2.53. The fourth-order valence-electron chi connectivity index (χ4n) is 2.74. The van der Waals surface area contributed by atoms with E-state index in [0.717, 1.165) is 5.56 Å². The van der Waals surface area contributed by atoms with Crippen molar-refractivity contribution in [3.05, 3.63) is 34.9 Å². The van der Waals surface area contributed by atoms with Crippen LogP contribution in [0, 0.1) is 5.41 Å². The molecule has 1 aliphatic heterocycles. The van der Waals surface area contributed by atoms with Crippen molar-refractivity contribution in [3.63, 3.8) is 0 Å². The van der Waals surface area contributed by atoms with E-state index < -0.39 is 0 Å². The maximum Gasteiger partial charge on any atom is 0.228 e. The second kappa shape index (κ2) is 7.35. The fraction of sp³-hybridized carbons (Fsp3) is 0.556. The normalized spacial score (nSPS) is 15.7. The van der Waals surface area contributed by atoms with Crippen LogP contribution in [-0.2, 0) is 16.0 Å². The van der Waals surface area contributed by atoms with Crippen molar-refractivity contribution in [1.82, 2.24) is 9.80 Å². The average Bonchev–Trinajstić information content (AvgIpc) is 2.51. The fourth-order valence-corrected chi connectivity index (χ4v) is 2.95. The number of carbonyl (C=O) groups is 2. The minimum Gasteiger partial charge on any atom is -0.339 e. The summed E-state index contributed by atoms with van der Waals surface area (Å²) >= 11 is 5.96. The molecule has 0 aromatic heterocycles. The summed E-state index contributed by atoms with van der Waals surface area (Å²) in [5, 5.41) is 0.698. The van der Waals surface area contributed by atoms with Gasteiger partial charge < -0.3 is 9.80 Å². The highest BCUT2D eigenvalue weighted by atomic mass is 35.5. The molecule has 0 unspecified atom stereocenters. The molecular formula is C18H25ClN2O2. The van der Waals surface area contributed by atoms with Gasteiger partial charge in [0.2, 0.25) is 11.8 Å². The highest BCUT2D eigenvalue weighted by Gasteiger charge is 2.30. The van der Waals surface area contributed by atoms with Crippen molar-refractivity contribution >= 4 is 23.4 Å². The lowest BCUT2D eigenvalue weighted by molar-refractivity contribution is -0.144. The Balaban J connectivity index is 1.81. The third-order valence-corrected chi connectivity index (χ3v) is 4.31. The summed E-state index contributed by atoms with van der Waals surface area (Å²) in [6.45, 7) is 8.28. The van der Waals surface area contributed by atoms with Crippen LogP contribution in [0.2, 0.25) is 5.02 Å². The van der Waals surface area contributed by atoms with Crippen molar-refractivity contribution in [3.8, 4) is 0 Å². The first-order valence-electron chi connectivity index (χ1n) is 8.09. The van der Waals surface area contributed by atoms with Crippen LogP contribution in [0.4, 0.5) is 0 Å².